The molecule has 118 valence electrons. The molecule has 0 saturated heterocycles. The van der Waals surface area contributed by atoms with E-state index in [9.17, 15) is 4.79 Å². The summed E-state index contributed by atoms with van der Waals surface area (Å²) in [6, 6.07) is 12.1. The van der Waals surface area contributed by atoms with Crippen molar-refractivity contribution < 1.29 is 9.53 Å². The van der Waals surface area contributed by atoms with Crippen LogP contribution in [0.3, 0.4) is 0 Å². The van der Waals surface area contributed by atoms with Gasteiger partial charge in [-0.25, -0.2) is 0 Å². The van der Waals surface area contributed by atoms with Gasteiger partial charge < -0.3 is 10.1 Å². The predicted molar refractivity (Wildman–Crippen MR) is 86.8 cm³/mol. The van der Waals surface area contributed by atoms with E-state index in [1.54, 1.807) is 4.68 Å². The zero-order valence-electron chi connectivity index (χ0n) is 13.2. The van der Waals surface area contributed by atoms with E-state index < -0.39 is 0 Å². The number of hydrogen-bond donors (Lipinski definition) is 1. The largest absolute Gasteiger partial charge is 0.381 e. The zero-order valence-corrected chi connectivity index (χ0v) is 13.2. The number of benzene rings is 1. The molecule has 1 amide bonds. The number of hydrogen-bond acceptors (Lipinski definition) is 3. The van der Waals surface area contributed by atoms with E-state index in [4.69, 9.17) is 4.74 Å². The maximum absolute atomic E-state index is 11.8. The van der Waals surface area contributed by atoms with E-state index in [1.807, 2.05) is 38.2 Å². The number of nitrogens with one attached hydrogen (secondary N) is 1. The molecule has 0 aliphatic heterocycles. The fraction of sp³-hybridized carbons (Fsp3) is 0.412. The van der Waals surface area contributed by atoms with Crippen molar-refractivity contribution in [2.75, 3.05) is 18.5 Å². The number of rotatable bonds is 8. The van der Waals surface area contributed by atoms with Crippen molar-refractivity contribution in [1.82, 2.24) is 9.78 Å². The SMILES string of the molecule is Cc1cc(NC(=O)CCCOCCc2ccccc2)n(C)n1. The standard InChI is InChI=1S/C17H23N3O2/c1-14-13-16(20(2)19-14)18-17(21)9-6-11-22-12-10-15-7-4-3-5-8-15/h3-5,7-8,13H,6,9-12H2,1-2H3,(H,18,21). The van der Waals surface area contributed by atoms with E-state index >= 15 is 0 Å². The van der Waals surface area contributed by atoms with Crippen LogP contribution in [0.15, 0.2) is 36.4 Å². The highest BCUT2D eigenvalue weighted by Gasteiger charge is 2.06. The summed E-state index contributed by atoms with van der Waals surface area (Å²) in [5, 5.41) is 7.04. The van der Waals surface area contributed by atoms with Crippen molar-refractivity contribution in [3.63, 3.8) is 0 Å². The summed E-state index contributed by atoms with van der Waals surface area (Å²) in [6.07, 6.45) is 2.08. The smallest absolute Gasteiger partial charge is 0.225 e. The number of carbonyl (C=O) groups is 1. The van der Waals surface area contributed by atoms with Gasteiger partial charge in [-0.1, -0.05) is 30.3 Å². The van der Waals surface area contributed by atoms with E-state index in [-0.39, 0.29) is 5.91 Å². The highest BCUT2D eigenvalue weighted by molar-refractivity contribution is 5.89. The first-order valence-corrected chi connectivity index (χ1v) is 7.57. The van der Waals surface area contributed by atoms with Crippen LogP contribution in [0.2, 0.25) is 0 Å². The average Bonchev–Trinajstić information content (AvgIpc) is 2.81. The number of ether oxygens (including phenoxy) is 1. The molecule has 0 aliphatic rings. The molecule has 2 aromatic rings. The van der Waals surface area contributed by atoms with Crippen LogP contribution in [-0.4, -0.2) is 28.9 Å². The Morgan fingerprint density at radius 2 is 2.05 bits per heavy atom. The molecule has 0 unspecified atom stereocenters. The molecule has 22 heavy (non-hydrogen) atoms. The Hall–Kier alpha value is -2.14. The lowest BCUT2D eigenvalue weighted by Crippen LogP contribution is -2.15. The minimum Gasteiger partial charge on any atom is -0.381 e. The van der Waals surface area contributed by atoms with Crippen molar-refractivity contribution in [3.8, 4) is 0 Å². The summed E-state index contributed by atoms with van der Waals surface area (Å²) in [7, 11) is 1.81. The van der Waals surface area contributed by atoms with Crippen LogP contribution in [0.4, 0.5) is 5.82 Å². The number of nitrogens with zero attached hydrogens (tertiary/aromatic N) is 2. The van der Waals surface area contributed by atoms with Gasteiger partial charge in [0.1, 0.15) is 5.82 Å². The van der Waals surface area contributed by atoms with Crippen LogP contribution in [-0.2, 0) is 23.0 Å². The van der Waals surface area contributed by atoms with Gasteiger partial charge in [-0.05, 0) is 25.3 Å². The number of carbonyl (C=O) groups excluding carboxylic acids is 1. The van der Waals surface area contributed by atoms with Crippen molar-refractivity contribution in [2.45, 2.75) is 26.2 Å². The summed E-state index contributed by atoms with van der Waals surface area (Å²) >= 11 is 0. The lowest BCUT2D eigenvalue weighted by molar-refractivity contribution is -0.116. The molecule has 0 radical (unpaired) electrons. The first-order chi connectivity index (χ1) is 10.6. The monoisotopic (exact) mass is 301 g/mol. The van der Waals surface area contributed by atoms with Crippen molar-refractivity contribution in [2.24, 2.45) is 7.05 Å². The molecule has 0 spiro atoms. The molecule has 0 aliphatic carbocycles. The molecule has 5 heteroatoms. The van der Waals surface area contributed by atoms with E-state index in [0.29, 0.717) is 19.6 Å². The predicted octanol–water partition coefficient (Wildman–Crippen LogP) is 2.71. The highest BCUT2D eigenvalue weighted by Crippen LogP contribution is 2.08. The fourth-order valence-electron chi connectivity index (χ4n) is 2.20. The lowest BCUT2D eigenvalue weighted by Gasteiger charge is -2.06. The maximum atomic E-state index is 11.8. The van der Waals surface area contributed by atoms with Crippen LogP contribution < -0.4 is 5.32 Å². The minimum atomic E-state index is -0.00495. The number of aryl methyl sites for hydroxylation is 2. The number of anilines is 1. The molecule has 1 aromatic carbocycles. The minimum absolute atomic E-state index is 0.00495. The lowest BCUT2D eigenvalue weighted by atomic mass is 10.2. The van der Waals surface area contributed by atoms with E-state index in [2.05, 4.69) is 22.5 Å². The maximum Gasteiger partial charge on any atom is 0.225 e. The molecule has 0 fully saturated rings. The second-order valence-corrected chi connectivity index (χ2v) is 5.29. The van der Waals surface area contributed by atoms with Gasteiger partial charge in [0.15, 0.2) is 0 Å². The third-order valence-electron chi connectivity index (χ3n) is 3.34. The second-order valence-electron chi connectivity index (χ2n) is 5.29. The Morgan fingerprint density at radius 3 is 2.73 bits per heavy atom. The van der Waals surface area contributed by atoms with E-state index in [0.717, 1.165) is 24.4 Å². The molecular weight excluding hydrogens is 278 g/mol. The van der Waals surface area contributed by atoms with Crippen LogP contribution in [0.1, 0.15) is 24.1 Å². The van der Waals surface area contributed by atoms with Gasteiger partial charge in [0.25, 0.3) is 0 Å². The number of aromatic nitrogens is 2. The third kappa shape index (κ3) is 5.33. The quantitative estimate of drug-likeness (QED) is 0.763. The molecule has 0 saturated carbocycles. The normalized spacial score (nSPS) is 10.6. The van der Waals surface area contributed by atoms with Crippen LogP contribution in [0.5, 0.6) is 0 Å². The summed E-state index contributed by atoms with van der Waals surface area (Å²) in [4.78, 5) is 11.8. The zero-order chi connectivity index (χ0) is 15.8. The van der Waals surface area contributed by atoms with Gasteiger partial charge in [0.2, 0.25) is 5.91 Å². The fourth-order valence-corrected chi connectivity index (χ4v) is 2.20. The summed E-state index contributed by atoms with van der Waals surface area (Å²) < 4.78 is 7.24. The molecule has 5 nitrogen and oxygen atoms in total. The Balaban J connectivity index is 1.56. The van der Waals surface area contributed by atoms with Gasteiger partial charge in [-0.2, -0.15) is 5.10 Å². The average molecular weight is 301 g/mol. The van der Waals surface area contributed by atoms with Gasteiger partial charge in [0, 0.05) is 26.1 Å². The Kier molecular flexibility index (Phi) is 6.15. The first-order valence-electron chi connectivity index (χ1n) is 7.57. The molecule has 0 atom stereocenters. The van der Waals surface area contributed by atoms with Gasteiger partial charge >= 0.3 is 0 Å². The van der Waals surface area contributed by atoms with E-state index in [1.165, 1.54) is 5.56 Å². The summed E-state index contributed by atoms with van der Waals surface area (Å²) in [5.41, 5.74) is 2.16. The highest BCUT2D eigenvalue weighted by atomic mass is 16.5. The molecule has 0 bridgehead atoms. The Labute approximate surface area is 131 Å². The van der Waals surface area contributed by atoms with Crippen LogP contribution in [0.25, 0.3) is 0 Å². The summed E-state index contributed by atoms with van der Waals surface area (Å²) in [5.74, 6) is 0.724. The van der Waals surface area contributed by atoms with Crippen LogP contribution >= 0.6 is 0 Å². The molecule has 1 aromatic heterocycles. The number of amides is 1. The molecular formula is C17H23N3O2. The summed E-state index contributed by atoms with van der Waals surface area (Å²) in [6.45, 7) is 3.19. The molecule has 1 N–H and O–H groups in total. The van der Waals surface area contributed by atoms with Gasteiger partial charge in [-0.15, -0.1) is 0 Å². The Morgan fingerprint density at radius 1 is 1.27 bits per heavy atom. The van der Waals surface area contributed by atoms with Crippen molar-refractivity contribution in [3.05, 3.63) is 47.7 Å². The first kappa shape index (κ1) is 16.2. The van der Waals surface area contributed by atoms with Gasteiger partial charge in [0.05, 0.1) is 12.3 Å². The van der Waals surface area contributed by atoms with Crippen LogP contribution in [0, 0.1) is 6.92 Å². The molecule has 2 rings (SSSR count). The topological polar surface area (TPSA) is 56.1 Å². The van der Waals surface area contributed by atoms with Crippen molar-refractivity contribution >= 4 is 11.7 Å². The second kappa shape index (κ2) is 8.34. The van der Waals surface area contributed by atoms with Gasteiger partial charge in [-0.3, -0.25) is 9.48 Å². The van der Waals surface area contributed by atoms with Crippen molar-refractivity contribution in [1.29, 1.82) is 0 Å². The Bertz CT molecular complexity index is 593. The molecule has 1 heterocycles. The third-order valence-corrected chi connectivity index (χ3v) is 3.34.